The Kier molecular flexibility index (Phi) is 7.25. The molecular weight excluding hydrogens is 234 g/mol. The molecule has 0 bridgehead atoms. The molecule has 0 aliphatic rings. The molecule has 0 spiro atoms. The number of hydrogen-bond donors (Lipinski definition) is 1. The quantitative estimate of drug-likeness (QED) is 0.720. The van der Waals surface area contributed by atoms with E-state index >= 15 is 0 Å². The van der Waals surface area contributed by atoms with Crippen LogP contribution in [0, 0.1) is 0 Å². The first-order valence-corrected chi connectivity index (χ1v) is 6.69. The van der Waals surface area contributed by atoms with E-state index in [1.54, 1.807) is 0 Å². The van der Waals surface area contributed by atoms with Crippen LogP contribution in [0.25, 0.3) is 0 Å². The SMILES string of the molecule is CCCOCC(Cc1ccc(Cl)cc1)NCC. The molecule has 1 aromatic rings. The molecule has 0 aliphatic carbocycles. The van der Waals surface area contributed by atoms with Crippen molar-refractivity contribution in [3.8, 4) is 0 Å². The highest BCUT2D eigenvalue weighted by molar-refractivity contribution is 6.30. The van der Waals surface area contributed by atoms with Crippen LogP contribution in [-0.4, -0.2) is 25.8 Å². The Morgan fingerprint density at radius 2 is 1.94 bits per heavy atom. The molecule has 3 heteroatoms. The minimum absolute atomic E-state index is 0.382. The van der Waals surface area contributed by atoms with Gasteiger partial charge in [-0.1, -0.05) is 37.6 Å². The van der Waals surface area contributed by atoms with Crippen LogP contribution in [0.5, 0.6) is 0 Å². The van der Waals surface area contributed by atoms with Crippen molar-refractivity contribution in [3.63, 3.8) is 0 Å². The number of likely N-dealkylation sites (N-methyl/N-ethyl adjacent to an activating group) is 1. The van der Waals surface area contributed by atoms with Crippen molar-refractivity contribution in [3.05, 3.63) is 34.9 Å². The lowest BCUT2D eigenvalue weighted by molar-refractivity contribution is 0.112. The number of benzene rings is 1. The summed E-state index contributed by atoms with van der Waals surface area (Å²) in [7, 11) is 0. The molecule has 0 heterocycles. The van der Waals surface area contributed by atoms with E-state index in [1.165, 1.54) is 5.56 Å². The zero-order valence-electron chi connectivity index (χ0n) is 10.7. The first kappa shape index (κ1) is 14.5. The van der Waals surface area contributed by atoms with Gasteiger partial charge in [-0.2, -0.15) is 0 Å². The van der Waals surface area contributed by atoms with Gasteiger partial charge in [-0.05, 0) is 37.1 Å². The number of ether oxygens (including phenoxy) is 1. The van der Waals surface area contributed by atoms with E-state index in [0.29, 0.717) is 6.04 Å². The topological polar surface area (TPSA) is 21.3 Å². The van der Waals surface area contributed by atoms with Crippen molar-refractivity contribution >= 4 is 11.6 Å². The third kappa shape index (κ3) is 6.06. The van der Waals surface area contributed by atoms with Gasteiger partial charge in [0.1, 0.15) is 0 Å². The molecule has 17 heavy (non-hydrogen) atoms. The second kappa shape index (κ2) is 8.51. The predicted octanol–water partition coefficient (Wildman–Crippen LogP) is 3.29. The van der Waals surface area contributed by atoms with Gasteiger partial charge in [0.05, 0.1) is 6.61 Å². The number of rotatable bonds is 8. The molecule has 96 valence electrons. The summed E-state index contributed by atoms with van der Waals surface area (Å²) >= 11 is 5.87. The predicted molar refractivity (Wildman–Crippen MR) is 73.7 cm³/mol. The van der Waals surface area contributed by atoms with E-state index < -0.39 is 0 Å². The van der Waals surface area contributed by atoms with Crippen LogP contribution >= 0.6 is 11.6 Å². The summed E-state index contributed by atoms with van der Waals surface area (Å²) in [6.45, 7) is 6.82. The van der Waals surface area contributed by atoms with E-state index in [9.17, 15) is 0 Å². The van der Waals surface area contributed by atoms with Gasteiger partial charge in [0.15, 0.2) is 0 Å². The number of nitrogens with one attached hydrogen (secondary N) is 1. The Hall–Kier alpha value is -0.570. The third-order valence-corrected chi connectivity index (χ3v) is 2.81. The van der Waals surface area contributed by atoms with Crippen LogP contribution in [0.1, 0.15) is 25.8 Å². The van der Waals surface area contributed by atoms with Crippen LogP contribution in [0.2, 0.25) is 5.02 Å². The largest absolute Gasteiger partial charge is 0.380 e. The zero-order chi connectivity index (χ0) is 12.5. The Labute approximate surface area is 109 Å². The summed E-state index contributed by atoms with van der Waals surface area (Å²) in [5, 5.41) is 4.23. The number of hydrogen-bond acceptors (Lipinski definition) is 2. The summed E-state index contributed by atoms with van der Waals surface area (Å²) in [6, 6.07) is 8.41. The van der Waals surface area contributed by atoms with Crippen molar-refractivity contribution in [1.82, 2.24) is 5.32 Å². The van der Waals surface area contributed by atoms with Gasteiger partial charge in [0, 0.05) is 17.7 Å². The molecule has 0 amide bonds. The molecule has 1 atom stereocenters. The number of halogens is 1. The summed E-state index contributed by atoms with van der Waals surface area (Å²) in [5.41, 5.74) is 1.29. The van der Waals surface area contributed by atoms with E-state index in [0.717, 1.165) is 37.6 Å². The highest BCUT2D eigenvalue weighted by Gasteiger charge is 2.08. The van der Waals surface area contributed by atoms with Crippen molar-refractivity contribution in [2.24, 2.45) is 0 Å². The molecule has 1 unspecified atom stereocenters. The molecule has 1 aromatic carbocycles. The lowest BCUT2D eigenvalue weighted by Crippen LogP contribution is -2.35. The molecular formula is C14H22ClNO. The molecule has 0 fully saturated rings. The molecule has 0 aromatic heterocycles. The van der Waals surface area contributed by atoms with Crippen LogP contribution < -0.4 is 5.32 Å². The second-order valence-corrected chi connectivity index (χ2v) is 4.60. The van der Waals surface area contributed by atoms with E-state index in [2.05, 4.69) is 31.3 Å². The summed E-state index contributed by atoms with van der Waals surface area (Å²) in [4.78, 5) is 0. The van der Waals surface area contributed by atoms with Crippen molar-refractivity contribution in [1.29, 1.82) is 0 Å². The summed E-state index contributed by atoms with van der Waals surface area (Å²) in [5.74, 6) is 0. The van der Waals surface area contributed by atoms with E-state index in [-0.39, 0.29) is 0 Å². The fourth-order valence-corrected chi connectivity index (χ4v) is 1.88. The average molecular weight is 256 g/mol. The maximum absolute atomic E-state index is 5.87. The Balaban J connectivity index is 2.44. The van der Waals surface area contributed by atoms with E-state index in [4.69, 9.17) is 16.3 Å². The van der Waals surface area contributed by atoms with Gasteiger partial charge in [-0.25, -0.2) is 0 Å². The van der Waals surface area contributed by atoms with Gasteiger partial charge in [0.25, 0.3) is 0 Å². The van der Waals surface area contributed by atoms with Crippen LogP contribution in [0.4, 0.5) is 0 Å². The van der Waals surface area contributed by atoms with Gasteiger partial charge >= 0.3 is 0 Å². The monoisotopic (exact) mass is 255 g/mol. The fraction of sp³-hybridized carbons (Fsp3) is 0.571. The molecule has 0 radical (unpaired) electrons. The van der Waals surface area contributed by atoms with Crippen molar-refractivity contribution in [2.45, 2.75) is 32.7 Å². The smallest absolute Gasteiger partial charge is 0.0622 e. The maximum atomic E-state index is 5.87. The minimum atomic E-state index is 0.382. The first-order chi connectivity index (χ1) is 8.26. The second-order valence-electron chi connectivity index (χ2n) is 4.16. The van der Waals surface area contributed by atoms with Crippen molar-refractivity contribution in [2.75, 3.05) is 19.8 Å². The maximum Gasteiger partial charge on any atom is 0.0622 e. The highest BCUT2D eigenvalue weighted by atomic mass is 35.5. The Bertz CT molecular complexity index is 300. The molecule has 1 rings (SSSR count). The van der Waals surface area contributed by atoms with Gasteiger partial charge < -0.3 is 10.1 Å². The molecule has 0 saturated heterocycles. The van der Waals surface area contributed by atoms with Gasteiger partial charge in [-0.15, -0.1) is 0 Å². The lowest BCUT2D eigenvalue weighted by atomic mass is 10.1. The molecule has 1 N–H and O–H groups in total. The molecule has 2 nitrogen and oxygen atoms in total. The van der Waals surface area contributed by atoms with Gasteiger partial charge in [0.2, 0.25) is 0 Å². The third-order valence-electron chi connectivity index (χ3n) is 2.56. The fourth-order valence-electron chi connectivity index (χ4n) is 1.75. The van der Waals surface area contributed by atoms with Crippen molar-refractivity contribution < 1.29 is 4.74 Å². The van der Waals surface area contributed by atoms with Crippen LogP contribution in [0.3, 0.4) is 0 Å². The minimum Gasteiger partial charge on any atom is -0.380 e. The highest BCUT2D eigenvalue weighted by Crippen LogP contribution is 2.11. The Morgan fingerprint density at radius 1 is 1.24 bits per heavy atom. The molecule has 0 saturated carbocycles. The van der Waals surface area contributed by atoms with Gasteiger partial charge in [-0.3, -0.25) is 0 Å². The first-order valence-electron chi connectivity index (χ1n) is 6.31. The zero-order valence-corrected chi connectivity index (χ0v) is 11.5. The normalized spacial score (nSPS) is 12.6. The average Bonchev–Trinajstić information content (AvgIpc) is 2.32. The van der Waals surface area contributed by atoms with E-state index in [1.807, 2.05) is 12.1 Å². The molecule has 0 aliphatic heterocycles. The lowest BCUT2D eigenvalue weighted by Gasteiger charge is -2.18. The van der Waals surface area contributed by atoms with Crippen LogP contribution in [-0.2, 0) is 11.2 Å². The van der Waals surface area contributed by atoms with Crippen LogP contribution in [0.15, 0.2) is 24.3 Å². The Morgan fingerprint density at radius 3 is 2.53 bits per heavy atom. The summed E-state index contributed by atoms with van der Waals surface area (Å²) < 4.78 is 5.60. The summed E-state index contributed by atoms with van der Waals surface area (Å²) in [6.07, 6.45) is 2.05. The standard InChI is InChI=1S/C14H22ClNO/c1-3-9-17-11-14(16-4-2)10-12-5-7-13(15)8-6-12/h5-8,14,16H,3-4,9-11H2,1-2H3.